The smallest absolute Gasteiger partial charge is 0.241 e. The normalized spacial score (nSPS) is 25.8. The Morgan fingerprint density at radius 2 is 2.15 bits per heavy atom. The summed E-state index contributed by atoms with van der Waals surface area (Å²) >= 11 is 0. The number of carbonyl (C=O) groups excluding carboxylic acids is 1. The van der Waals surface area contributed by atoms with Crippen molar-refractivity contribution in [3.63, 3.8) is 0 Å². The summed E-state index contributed by atoms with van der Waals surface area (Å²) in [5, 5.41) is 3.25. The quantitative estimate of drug-likeness (QED) is 0.714. The molecule has 3 heteroatoms. The van der Waals surface area contributed by atoms with Gasteiger partial charge >= 0.3 is 0 Å². The van der Waals surface area contributed by atoms with Crippen LogP contribution in [0.3, 0.4) is 0 Å². The lowest BCUT2D eigenvalue weighted by molar-refractivity contribution is -0.131. The van der Waals surface area contributed by atoms with E-state index < -0.39 is 0 Å². The van der Waals surface area contributed by atoms with Crippen LogP contribution in [0.1, 0.15) is 34.1 Å². The largest absolute Gasteiger partial charge is 0.326 e. The molecular weight excluding hydrogens is 164 g/mol. The zero-order valence-corrected chi connectivity index (χ0v) is 9.00. The Morgan fingerprint density at radius 3 is 2.54 bits per heavy atom. The highest BCUT2D eigenvalue weighted by Gasteiger charge is 2.34. The fraction of sp³-hybridized carbons (Fsp3) is 0.900. The van der Waals surface area contributed by atoms with Gasteiger partial charge in [-0.25, -0.2) is 0 Å². The zero-order chi connectivity index (χ0) is 10.0. The number of rotatable bonds is 3. The van der Waals surface area contributed by atoms with Crippen LogP contribution in [0.15, 0.2) is 0 Å². The molecule has 1 N–H and O–H groups in total. The van der Waals surface area contributed by atoms with Crippen LogP contribution in [0.2, 0.25) is 0 Å². The molecule has 13 heavy (non-hydrogen) atoms. The molecule has 3 nitrogen and oxygen atoms in total. The Hall–Kier alpha value is -0.570. The van der Waals surface area contributed by atoms with Crippen LogP contribution >= 0.6 is 0 Å². The molecule has 1 aliphatic rings. The predicted molar refractivity (Wildman–Crippen MR) is 53.2 cm³/mol. The van der Waals surface area contributed by atoms with E-state index in [1.165, 1.54) is 0 Å². The first-order chi connectivity index (χ1) is 6.07. The van der Waals surface area contributed by atoms with Gasteiger partial charge in [-0.1, -0.05) is 20.8 Å². The Morgan fingerprint density at radius 1 is 1.54 bits per heavy atom. The zero-order valence-electron chi connectivity index (χ0n) is 9.00. The summed E-state index contributed by atoms with van der Waals surface area (Å²) in [5.41, 5.74) is 0. The van der Waals surface area contributed by atoms with Gasteiger partial charge in [0.15, 0.2) is 0 Å². The molecule has 76 valence electrons. The Labute approximate surface area is 80.5 Å². The second kappa shape index (κ2) is 4.09. The molecule has 0 bridgehead atoms. The highest BCUT2D eigenvalue weighted by atomic mass is 16.2. The number of nitrogens with zero attached hydrogens (tertiary/aromatic N) is 1. The highest BCUT2D eigenvalue weighted by molar-refractivity contribution is 5.84. The van der Waals surface area contributed by atoms with Gasteiger partial charge in [-0.3, -0.25) is 10.1 Å². The average Bonchev–Trinajstić information content (AvgIpc) is 2.46. The maximum absolute atomic E-state index is 11.8. The van der Waals surface area contributed by atoms with Gasteiger partial charge in [0.1, 0.15) is 0 Å². The number of hydrogen-bond donors (Lipinski definition) is 1. The van der Waals surface area contributed by atoms with Crippen molar-refractivity contribution in [2.24, 2.45) is 5.92 Å². The van der Waals surface area contributed by atoms with Crippen LogP contribution in [0.5, 0.6) is 0 Å². The molecule has 1 rings (SSSR count). The maximum Gasteiger partial charge on any atom is 0.241 e. The molecule has 1 amide bonds. The molecule has 1 heterocycles. The summed E-state index contributed by atoms with van der Waals surface area (Å²) in [6.45, 7) is 9.09. The van der Waals surface area contributed by atoms with Crippen molar-refractivity contribution < 1.29 is 4.79 Å². The van der Waals surface area contributed by atoms with Crippen LogP contribution in [-0.2, 0) is 4.79 Å². The lowest BCUT2D eigenvalue weighted by Crippen LogP contribution is -2.38. The molecule has 0 aromatic rings. The van der Waals surface area contributed by atoms with Gasteiger partial charge in [0.25, 0.3) is 0 Å². The van der Waals surface area contributed by atoms with Crippen molar-refractivity contribution in [3.05, 3.63) is 0 Å². The molecule has 0 aliphatic carbocycles. The third kappa shape index (κ3) is 2.02. The first kappa shape index (κ1) is 10.5. The number of hydrogen-bond acceptors (Lipinski definition) is 2. The fourth-order valence-electron chi connectivity index (χ4n) is 1.65. The maximum atomic E-state index is 11.8. The molecule has 0 saturated carbocycles. The molecule has 0 aromatic heterocycles. The Bertz CT molecular complexity index is 191. The van der Waals surface area contributed by atoms with E-state index in [1.807, 2.05) is 4.90 Å². The second-order valence-electron chi connectivity index (χ2n) is 4.15. The summed E-state index contributed by atoms with van der Waals surface area (Å²) in [6.07, 6.45) is 1.03. The summed E-state index contributed by atoms with van der Waals surface area (Å²) in [5.74, 6) is 0.658. The first-order valence-electron chi connectivity index (χ1n) is 5.11. The molecule has 1 saturated heterocycles. The molecule has 2 atom stereocenters. The summed E-state index contributed by atoms with van der Waals surface area (Å²) in [6, 6.07) is 0.401. The molecule has 0 radical (unpaired) electrons. The van der Waals surface area contributed by atoms with Crippen LogP contribution < -0.4 is 5.32 Å². The lowest BCUT2D eigenvalue weighted by Gasteiger charge is -2.22. The standard InChI is InChI=1S/C10H20N2O/c1-5-8(4)12-6-11-9(7(2)3)10(12)13/h7-9,11H,5-6H2,1-4H3. The summed E-state index contributed by atoms with van der Waals surface area (Å²) in [7, 11) is 0. The van der Waals surface area contributed by atoms with E-state index in [2.05, 4.69) is 33.0 Å². The molecule has 0 aromatic carbocycles. The molecule has 1 fully saturated rings. The summed E-state index contributed by atoms with van der Waals surface area (Å²) in [4.78, 5) is 13.7. The van der Waals surface area contributed by atoms with Crippen molar-refractivity contribution in [3.8, 4) is 0 Å². The van der Waals surface area contributed by atoms with Gasteiger partial charge in [0, 0.05) is 6.04 Å². The van der Waals surface area contributed by atoms with E-state index >= 15 is 0 Å². The van der Waals surface area contributed by atoms with Gasteiger partial charge in [-0.2, -0.15) is 0 Å². The van der Waals surface area contributed by atoms with Gasteiger partial charge in [-0.15, -0.1) is 0 Å². The molecule has 1 aliphatic heterocycles. The molecule has 0 spiro atoms. The SMILES string of the molecule is CCC(C)N1CNC(C(C)C)C1=O. The monoisotopic (exact) mass is 184 g/mol. The average molecular weight is 184 g/mol. The minimum Gasteiger partial charge on any atom is -0.326 e. The van der Waals surface area contributed by atoms with Gasteiger partial charge in [-0.05, 0) is 19.3 Å². The predicted octanol–water partition coefficient (Wildman–Crippen LogP) is 1.20. The third-order valence-corrected chi connectivity index (χ3v) is 2.82. The highest BCUT2D eigenvalue weighted by Crippen LogP contribution is 2.15. The minimum atomic E-state index is 0.0361. The van der Waals surface area contributed by atoms with E-state index in [4.69, 9.17) is 0 Å². The number of carbonyl (C=O) groups is 1. The number of amides is 1. The van der Waals surface area contributed by atoms with Crippen LogP contribution in [0.4, 0.5) is 0 Å². The van der Waals surface area contributed by atoms with Crippen LogP contribution in [-0.4, -0.2) is 29.6 Å². The molecule has 2 unspecified atom stereocenters. The Balaban J connectivity index is 2.60. The lowest BCUT2D eigenvalue weighted by atomic mass is 10.0. The van der Waals surface area contributed by atoms with Crippen molar-refractivity contribution in [2.75, 3.05) is 6.67 Å². The molecular formula is C10H20N2O. The van der Waals surface area contributed by atoms with Gasteiger partial charge in [0.05, 0.1) is 12.7 Å². The van der Waals surface area contributed by atoms with Gasteiger partial charge in [0.2, 0.25) is 5.91 Å². The summed E-state index contributed by atoms with van der Waals surface area (Å²) < 4.78 is 0. The van der Waals surface area contributed by atoms with Crippen molar-refractivity contribution in [1.82, 2.24) is 10.2 Å². The van der Waals surface area contributed by atoms with E-state index in [9.17, 15) is 4.79 Å². The van der Waals surface area contributed by atoms with Crippen molar-refractivity contribution in [2.45, 2.75) is 46.2 Å². The minimum absolute atomic E-state index is 0.0361. The Kier molecular flexibility index (Phi) is 3.31. The topological polar surface area (TPSA) is 32.3 Å². The third-order valence-electron chi connectivity index (χ3n) is 2.82. The van der Waals surface area contributed by atoms with Gasteiger partial charge < -0.3 is 4.90 Å². The number of nitrogens with one attached hydrogen (secondary N) is 1. The van der Waals surface area contributed by atoms with Crippen molar-refractivity contribution >= 4 is 5.91 Å². The van der Waals surface area contributed by atoms with Crippen LogP contribution in [0.25, 0.3) is 0 Å². The van der Waals surface area contributed by atoms with Crippen molar-refractivity contribution in [1.29, 1.82) is 0 Å². The van der Waals surface area contributed by atoms with E-state index in [1.54, 1.807) is 0 Å². The van der Waals surface area contributed by atoms with Crippen LogP contribution in [0, 0.1) is 5.92 Å². The van der Waals surface area contributed by atoms with E-state index in [-0.39, 0.29) is 11.9 Å². The first-order valence-corrected chi connectivity index (χ1v) is 5.11. The second-order valence-corrected chi connectivity index (χ2v) is 4.15. The fourth-order valence-corrected chi connectivity index (χ4v) is 1.65. The van der Waals surface area contributed by atoms with E-state index in [0.29, 0.717) is 12.0 Å². The van der Waals surface area contributed by atoms with E-state index in [0.717, 1.165) is 13.1 Å².